The lowest BCUT2D eigenvalue weighted by molar-refractivity contribution is -0.149. The topological polar surface area (TPSA) is 63.3 Å². The molecule has 0 spiro atoms. The van der Waals surface area contributed by atoms with Crippen LogP contribution < -0.4 is 5.73 Å². The first-order valence-corrected chi connectivity index (χ1v) is 4.19. The number of hydrogen-bond donors (Lipinski definition) is 2. The third-order valence-electron chi connectivity index (χ3n) is 2.01. The fraction of sp³-hybridized carbons (Fsp3) is 0.222. The highest BCUT2D eigenvalue weighted by molar-refractivity contribution is 5.89. The van der Waals surface area contributed by atoms with E-state index >= 15 is 0 Å². The molecule has 0 radical (unpaired) electrons. The van der Waals surface area contributed by atoms with E-state index in [1.165, 1.54) is 0 Å². The zero-order chi connectivity index (χ0) is 13.4. The van der Waals surface area contributed by atoms with Crippen molar-refractivity contribution in [1.82, 2.24) is 0 Å². The van der Waals surface area contributed by atoms with Gasteiger partial charge in [-0.25, -0.2) is 13.6 Å². The molecule has 1 aromatic carbocycles. The van der Waals surface area contributed by atoms with Crippen molar-refractivity contribution in [3.8, 4) is 0 Å². The predicted molar refractivity (Wildman–Crippen MR) is 46.3 cm³/mol. The van der Waals surface area contributed by atoms with Crippen molar-refractivity contribution in [2.24, 2.45) is 5.73 Å². The summed E-state index contributed by atoms with van der Waals surface area (Å²) in [5.74, 6) is -4.97. The zero-order valence-electron chi connectivity index (χ0n) is 8.05. The highest BCUT2D eigenvalue weighted by atomic mass is 19.4. The van der Waals surface area contributed by atoms with Gasteiger partial charge in [-0.15, -0.1) is 0 Å². The van der Waals surface area contributed by atoms with Crippen LogP contribution in [0, 0.1) is 11.6 Å². The number of rotatable bonds is 2. The average Bonchev–Trinajstić information content (AvgIpc) is 2.18. The van der Waals surface area contributed by atoms with E-state index in [0.717, 1.165) is 0 Å². The van der Waals surface area contributed by atoms with Gasteiger partial charge in [0.25, 0.3) is 0 Å². The van der Waals surface area contributed by atoms with Gasteiger partial charge in [-0.05, 0) is 17.7 Å². The first kappa shape index (κ1) is 13.4. The Kier molecular flexibility index (Phi) is 3.37. The number of nitrogens with two attached hydrogens (primary N) is 1. The molecular weight excluding hydrogens is 249 g/mol. The van der Waals surface area contributed by atoms with Gasteiger partial charge in [0.15, 0.2) is 11.6 Å². The summed E-state index contributed by atoms with van der Waals surface area (Å²) in [5, 5.41) is 8.58. The van der Waals surface area contributed by atoms with Gasteiger partial charge >= 0.3 is 12.1 Å². The Balaban J connectivity index is 3.41. The summed E-state index contributed by atoms with van der Waals surface area (Å²) < 4.78 is 62.3. The molecule has 0 saturated heterocycles. The highest BCUT2D eigenvalue weighted by Crippen LogP contribution is 2.33. The molecule has 1 aromatic rings. The Hall–Kier alpha value is -1.70. The van der Waals surface area contributed by atoms with Crippen LogP contribution in [0.5, 0.6) is 0 Å². The minimum absolute atomic E-state index is 0.136. The number of carbonyl (C=O) groups is 1. The summed E-state index contributed by atoms with van der Waals surface area (Å²) in [6.07, 6.45) is -4.95. The molecule has 0 aliphatic carbocycles. The lowest BCUT2D eigenvalue weighted by Crippen LogP contribution is -2.30. The van der Waals surface area contributed by atoms with Crippen LogP contribution in [0.3, 0.4) is 0 Å². The van der Waals surface area contributed by atoms with Crippen LogP contribution in [0.4, 0.5) is 22.0 Å². The molecule has 94 valence electrons. The average molecular weight is 255 g/mol. The summed E-state index contributed by atoms with van der Waals surface area (Å²) in [4.78, 5) is 10.6. The van der Waals surface area contributed by atoms with E-state index in [-0.39, 0.29) is 12.1 Å². The maximum atomic E-state index is 12.8. The Morgan fingerprint density at radius 3 is 2.12 bits per heavy atom. The van der Waals surface area contributed by atoms with E-state index in [4.69, 9.17) is 10.8 Å². The van der Waals surface area contributed by atoms with Gasteiger partial charge in [0, 0.05) is 0 Å². The van der Waals surface area contributed by atoms with Crippen LogP contribution >= 0.6 is 0 Å². The Labute approximate surface area is 91.6 Å². The van der Waals surface area contributed by atoms with Crippen molar-refractivity contribution < 1.29 is 31.9 Å². The smallest absolute Gasteiger partial charge is 0.407 e. The maximum Gasteiger partial charge on any atom is 0.407 e. The van der Waals surface area contributed by atoms with Crippen LogP contribution in [0.1, 0.15) is 22.0 Å². The van der Waals surface area contributed by atoms with Gasteiger partial charge in [0.2, 0.25) is 0 Å². The van der Waals surface area contributed by atoms with Gasteiger partial charge in [-0.3, -0.25) is 0 Å². The van der Waals surface area contributed by atoms with Gasteiger partial charge in [-0.2, -0.15) is 13.2 Å². The van der Waals surface area contributed by atoms with Crippen molar-refractivity contribution in [2.45, 2.75) is 12.2 Å². The molecule has 0 aromatic heterocycles. The Morgan fingerprint density at radius 1 is 1.24 bits per heavy atom. The summed E-state index contributed by atoms with van der Waals surface area (Å²) in [6, 6.07) is -2.39. The molecule has 0 unspecified atom stereocenters. The van der Waals surface area contributed by atoms with Gasteiger partial charge in [-0.1, -0.05) is 0 Å². The van der Waals surface area contributed by atoms with Crippen LogP contribution in [-0.2, 0) is 0 Å². The van der Waals surface area contributed by atoms with Crippen molar-refractivity contribution in [2.75, 3.05) is 0 Å². The second kappa shape index (κ2) is 4.28. The fourth-order valence-corrected chi connectivity index (χ4v) is 1.18. The van der Waals surface area contributed by atoms with Crippen molar-refractivity contribution in [1.29, 1.82) is 0 Å². The standard InChI is InChI=1S/C9H6F5NO2/c10-5-1-3(7(15)9(12,13)14)4(8(16)17)2-6(5)11/h1-2,7H,15H2,(H,16,17)/t7-/m0/s1. The molecule has 0 heterocycles. The molecule has 1 atom stereocenters. The molecule has 0 aliphatic rings. The zero-order valence-corrected chi connectivity index (χ0v) is 8.05. The monoisotopic (exact) mass is 255 g/mol. The molecule has 0 bridgehead atoms. The second-order valence-electron chi connectivity index (χ2n) is 3.18. The summed E-state index contributed by atoms with van der Waals surface area (Å²) in [7, 11) is 0. The van der Waals surface area contributed by atoms with E-state index in [2.05, 4.69) is 0 Å². The SMILES string of the molecule is N[C@@H](c1cc(F)c(F)cc1C(=O)O)C(F)(F)F. The minimum Gasteiger partial charge on any atom is -0.478 e. The van der Waals surface area contributed by atoms with Crippen molar-refractivity contribution in [3.63, 3.8) is 0 Å². The normalized spacial score (nSPS) is 13.5. The van der Waals surface area contributed by atoms with E-state index in [0.29, 0.717) is 0 Å². The first-order valence-electron chi connectivity index (χ1n) is 4.19. The third kappa shape index (κ3) is 2.70. The van der Waals surface area contributed by atoms with Gasteiger partial charge in [0.1, 0.15) is 6.04 Å². The lowest BCUT2D eigenvalue weighted by Gasteiger charge is -2.18. The third-order valence-corrected chi connectivity index (χ3v) is 2.01. The number of halogens is 5. The highest BCUT2D eigenvalue weighted by Gasteiger charge is 2.40. The quantitative estimate of drug-likeness (QED) is 0.796. The number of alkyl halides is 3. The molecule has 3 nitrogen and oxygen atoms in total. The first-order chi connectivity index (χ1) is 7.64. The molecular formula is C9H6F5NO2. The summed E-state index contributed by atoms with van der Waals surface area (Å²) in [5.41, 5.74) is 2.71. The Bertz CT molecular complexity index is 457. The molecule has 0 amide bonds. The van der Waals surface area contributed by atoms with Crippen LogP contribution in [0.2, 0.25) is 0 Å². The minimum atomic E-state index is -4.95. The van der Waals surface area contributed by atoms with Gasteiger partial charge < -0.3 is 10.8 Å². The molecule has 17 heavy (non-hydrogen) atoms. The van der Waals surface area contributed by atoms with E-state index in [1.807, 2.05) is 0 Å². The summed E-state index contributed by atoms with van der Waals surface area (Å²) >= 11 is 0. The van der Waals surface area contributed by atoms with Crippen molar-refractivity contribution in [3.05, 3.63) is 34.9 Å². The molecule has 8 heteroatoms. The van der Waals surface area contributed by atoms with E-state index in [9.17, 15) is 26.7 Å². The number of hydrogen-bond acceptors (Lipinski definition) is 2. The molecule has 0 aliphatic heterocycles. The van der Waals surface area contributed by atoms with E-state index in [1.54, 1.807) is 0 Å². The summed E-state index contributed by atoms with van der Waals surface area (Å²) in [6.45, 7) is 0. The Morgan fingerprint density at radius 2 is 1.71 bits per heavy atom. The van der Waals surface area contributed by atoms with Crippen LogP contribution in [0.25, 0.3) is 0 Å². The second-order valence-corrected chi connectivity index (χ2v) is 3.18. The molecule has 0 fully saturated rings. The van der Waals surface area contributed by atoms with Crippen molar-refractivity contribution >= 4 is 5.97 Å². The van der Waals surface area contributed by atoms with Gasteiger partial charge in [0.05, 0.1) is 5.56 Å². The molecule has 1 rings (SSSR count). The largest absolute Gasteiger partial charge is 0.478 e. The fourth-order valence-electron chi connectivity index (χ4n) is 1.18. The number of carboxylic acids is 1. The predicted octanol–water partition coefficient (Wildman–Crippen LogP) is 2.23. The number of benzene rings is 1. The van der Waals surface area contributed by atoms with E-state index < -0.39 is 40.9 Å². The molecule has 0 saturated carbocycles. The maximum absolute atomic E-state index is 12.8. The number of carboxylic acid groups (broad SMARTS) is 1. The van der Waals surface area contributed by atoms with Crippen LogP contribution in [0.15, 0.2) is 12.1 Å². The van der Waals surface area contributed by atoms with Crippen LogP contribution in [-0.4, -0.2) is 17.3 Å². The number of aromatic carboxylic acids is 1. The lowest BCUT2D eigenvalue weighted by atomic mass is 10.00. The molecule has 3 N–H and O–H groups in total.